The minimum atomic E-state index is 0.533. The van der Waals surface area contributed by atoms with Gasteiger partial charge in [0, 0.05) is 29.2 Å². The van der Waals surface area contributed by atoms with E-state index >= 15 is 0 Å². The smallest absolute Gasteiger partial charge is 0.221 e. The molecule has 0 fully saturated rings. The maximum Gasteiger partial charge on any atom is 0.221 e. The highest BCUT2D eigenvalue weighted by molar-refractivity contribution is 5.72. The highest BCUT2D eigenvalue weighted by Gasteiger charge is 2.12. The number of aryl methyl sites for hydroxylation is 1. The number of ether oxygens (including phenoxy) is 2. The SMILES string of the molecule is CCOc1cc(-c2cccnc2OC)cnc1Nc1cccc(C)n1. The summed E-state index contributed by atoms with van der Waals surface area (Å²) in [5, 5.41) is 3.21. The Bertz CT molecular complexity index is 868. The Morgan fingerprint density at radius 3 is 2.76 bits per heavy atom. The van der Waals surface area contributed by atoms with E-state index in [4.69, 9.17) is 9.47 Å². The molecule has 6 heteroatoms. The number of hydrogen-bond acceptors (Lipinski definition) is 6. The molecular formula is C19H20N4O2. The monoisotopic (exact) mass is 336 g/mol. The number of nitrogens with zero attached hydrogens (tertiary/aromatic N) is 3. The van der Waals surface area contributed by atoms with Gasteiger partial charge in [-0.15, -0.1) is 0 Å². The van der Waals surface area contributed by atoms with Gasteiger partial charge in [0.2, 0.25) is 5.88 Å². The van der Waals surface area contributed by atoms with Crippen molar-refractivity contribution in [3.63, 3.8) is 0 Å². The van der Waals surface area contributed by atoms with Gasteiger partial charge in [0.1, 0.15) is 5.82 Å². The van der Waals surface area contributed by atoms with Crippen LogP contribution in [0.25, 0.3) is 11.1 Å². The number of pyridine rings is 3. The number of aromatic nitrogens is 3. The average molecular weight is 336 g/mol. The summed E-state index contributed by atoms with van der Waals surface area (Å²) in [4.78, 5) is 13.2. The predicted octanol–water partition coefficient (Wildman–Crippen LogP) is 4.00. The molecule has 0 saturated carbocycles. The van der Waals surface area contributed by atoms with Gasteiger partial charge in [-0.1, -0.05) is 6.07 Å². The molecule has 0 saturated heterocycles. The Hall–Kier alpha value is -3.15. The molecular weight excluding hydrogens is 316 g/mol. The summed E-state index contributed by atoms with van der Waals surface area (Å²) in [5.41, 5.74) is 2.66. The third kappa shape index (κ3) is 3.85. The molecule has 0 amide bonds. The zero-order valence-electron chi connectivity index (χ0n) is 14.5. The third-order valence-electron chi connectivity index (χ3n) is 3.56. The van der Waals surface area contributed by atoms with Gasteiger partial charge in [-0.25, -0.2) is 15.0 Å². The van der Waals surface area contributed by atoms with Crippen molar-refractivity contribution in [3.05, 3.63) is 54.5 Å². The highest BCUT2D eigenvalue weighted by Crippen LogP contribution is 2.33. The first-order chi connectivity index (χ1) is 12.2. The molecule has 0 unspecified atom stereocenters. The number of rotatable bonds is 6. The van der Waals surface area contributed by atoms with E-state index in [1.807, 2.05) is 50.2 Å². The van der Waals surface area contributed by atoms with E-state index in [0.717, 1.165) is 22.6 Å². The molecule has 0 aromatic carbocycles. The molecule has 128 valence electrons. The molecule has 25 heavy (non-hydrogen) atoms. The van der Waals surface area contributed by atoms with Crippen LogP contribution < -0.4 is 14.8 Å². The molecule has 3 rings (SSSR count). The number of hydrogen-bond donors (Lipinski definition) is 1. The first-order valence-electron chi connectivity index (χ1n) is 8.04. The third-order valence-corrected chi connectivity index (χ3v) is 3.56. The molecule has 3 heterocycles. The van der Waals surface area contributed by atoms with E-state index < -0.39 is 0 Å². The van der Waals surface area contributed by atoms with Crippen LogP contribution in [0.4, 0.5) is 11.6 Å². The number of nitrogens with one attached hydrogen (secondary N) is 1. The second kappa shape index (κ2) is 7.61. The van der Waals surface area contributed by atoms with Gasteiger partial charge in [0.25, 0.3) is 0 Å². The molecule has 0 spiro atoms. The van der Waals surface area contributed by atoms with E-state index in [9.17, 15) is 0 Å². The van der Waals surface area contributed by atoms with Crippen molar-refractivity contribution in [1.29, 1.82) is 0 Å². The molecule has 0 aliphatic rings. The van der Waals surface area contributed by atoms with Crippen LogP contribution in [0.2, 0.25) is 0 Å². The Labute approximate surface area is 146 Å². The van der Waals surface area contributed by atoms with Gasteiger partial charge in [-0.3, -0.25) is 0 Å². The summed E-state index contributed by atoms with van der Waals surface area (Å²) < 4.78 is 11.1. The van der Waals surface area contributed by atoms with Gasteiger partial charge in [-0.05, 0) is 44.2 Å². The van der Waals surface area contributed by atoms with Gasteiger partial charge in [0.05, 0.1) is 13.7 Å². The number of methoxy groups -OCH3 is 1. The van der Waals surface area contributed by atoms with Gasteiger partial charge < -0.3 is 14.8 Å². The van der Waals surface area contributed by atoms with Gasteiger partial charge in [-0.2, -0.15) is 0 Å². The van der Waals surface area contributed by atoms with Crippen molar-refractivity contribution in [3.8, 4) is 22.8 Å². The van der Waals surface area contributed by atoms with Crippen LogP contribution >= 0.6 is 0 Å². The fourth-order valence-corrected chi connectivity index (χ4v) is 2.46. The maximum atomic E-state index is 5.76. The molecule has 1 N–H and O–H groups in total. The summed E-state index contributed by atoms with van der Waals surface area (Å²) in [6.45, 7) is 4.41. The lowest BCUT2D eigenvalue weighted by Gasteiger charge is -2.13. The van der Waals surface area contributed by atoms with Crippen molar-refractivity contribution in [2.45, 2.75) is 13.8 Å². The van der Waals surface area contributed by atoms with Crippen molar-refractivity contribution in [1.82, 2.24) is 15.0 Å². The minimum Gasteiger partial charge on any atom is -0.490 e. The average Bonchev–Trinajstić information content (AvgIpc) is 2.63. The fraction of sp³-hybridized carbons (Fsp3) is 0.211. The molecule has 0 bridgehead atoms. The molecule has 3 aromatic heterocycles. The van der Waals surface area contributed by atoms with Gasteiger partial charge >= 0.3 is 0 Å². The lowest BCUT2D eigenvalue weighted by Crippen LogP contribution is -2.02. The molecule has 0 aliphatic carbocycles. The Morgan fingerprint density at radius 1 is 1.12 bits per heavy atom. The van der Waals surface area contributed by atoms with E-state index in [0.29, 0.717) is 24.1 Å². The quantitative estimate of drug-likeness (QED) is 0.734. The Morgan fingerprint density at radius 2 is 2.00 bits per heavy atom. The summed E-state index contributed by atoms with van der Waals surface area (Å²) in [5.74, 6) is 2.54. The first-order valence-corrected chi connectivity index (χ1v) is 8.04. The summed E-state index contributed by atoms with van der Waals surface area (Å²) in [6.07, 6.45) is 3.46. The lowest BCUT2D eigenvalue weighted by molar-refractivity contribution is 0.341. The Balaban J connectivity index is 1.98. The highest BCUT2D eigenvalue weighted by atomic mass is 16.5. The standard InChI is InChI=1S/C19H20N4O2/c1-4-25-16-11-14(15-8-6-10-20-19(15)24-3)12-21-18(16)23-17-9-5-7-13(2)22-17/h5-12H,4H2,1-3H3,(H,21,22,23). The zero-order chi connectivity index (χ0) is 17.6. The van der Waals surface area contributed by atoms with Gasteiger partial charge in [0.15, 0.2) is 11.6 Å². The minimum absolute atomic E-state index is 0.533. The van der Waals surface area contributed by atoms with Crippen molar-refractivity contribution < 1.29 is 9.47 Å². The van der Waals surface area contributed by atoms with Crippen LogP contribution in [-0.2, 0) is 0 Å². The normalized spacial score (nSPS) is 10.4. The van der Waals surface area contributed by atoms with Crippen LogP contribution in [0.3, 0.4) is 0 Å². The largest absolute Gasteiger partial charge is 0.490 e. The zero-order valence-corrected chi connectivity index (χ0v) is 14.5. The van der Waals surface area contributed by atoms with E-state index in [1.165, 1.54) is 0 Å². The summed E-state index contributed by atoms with van der Waals surface area (Å²) in [7, 11) is 1.60. The molecule has 6 nitrogen and oxygen atoms in total. The molecule has 0 aliphatic heterocycles. The molecule has 3 aromatic rings. The van der Waals surface area contributed by atoms with Crippen LogP contribution in [-0.4, -0.2) is 28.7 Å². The number of anilines is 2. The fourth-order valence-electron chi connectivity index (χ4n) is 2.46. The topological polar surface area (TPSA) is 69.2 Å². The molecule has 0 radical (unpaired) electrons. The van der Waals surface area contributed by atoms with Crippen LogP contribution in [0.15, 0.2) is 48.8 Å². The lowest BCUT2D eigenvalue weighted by atomic mass is 10.1. The first kappa shape index (κ1) is 16.7. The van der Waals surface area contributed by atoms with E-state index in [1.54, 1.807) is 19.5 Å². The maximum absolute atomic E-state index is 5.76. The predicted molar refractivity (Wildman–Crippen MR) is 97.4 cm³/mol. The van der Waals surface area contributed by atoms with Crippen molar-refractivity contribution >= 4 is 11.6 Å². The van der Waals surface area contributed by atoms with Crippen molar-refractivity contribution in [2.75, 3.05) is 19.0 Å². The van der Waals surface area contributed by atoms with Crippen LogP contribution in [0.5, 0.6) is 11.6 Å². The second-order valence-electron chi connectivity index (χ2n) is 5.35. The summed E-state index contributed by atoms with van der Waals surface area (Å²) in [6, 6.07) is 11.5. The second-order valence-corrected chi connectivity index (χ2v) is 5.35. The Kier molecular flexibility index (Phi) is 5.09. The summed E-state index contributed by atoms with van der Waals surface area (Å²) >= 11 is 0. The van der Waals surface area contributed by atoms with Crippen LogP contribution in [0, 0.1) is 6.92 Å². The van der Waals surface area contributed by atoms with E-state index in [2.05, 4.69) is 20.3 Å². The molecule has 0 atom stereocenters. The van der Waals surface area contributed by atoms with Crippen LogP contribution in [0.1, 0.15) is 12.6 Å². The van der Waals surface area contributed by atoms with E-state index in [-0.39, 0.29) is 0 Å². The van der Waals surface area contributed by atoms with Crippen molar-refractivity contribution in [2.24, 2.45) is 0 Å².